The number of nitro benzene ring substituents is 1. The lowest BCUT2D eigenvalue weighted by Crippen LogP contribution is -2.30. The molecule has 0 saturated heterocycles. The number of nitrogens with zero attached hydrogens (tertiary/aromatic N) is 3. The Balaban J connectivity index is 2.67. The Labute approximate surface area is 111 Å². The van der Waals surface area contributed by atoms with Crippen LogP contribution >= 0.6 is 0 Å². The highest BCUT2D eigenvalue weighted by atomic mass is 16.6. The fraction of sp³-hybridized carbons (Fsp3) is 0.385. The zero-order chi connectivity index (χ0) is 14.3. The largest absolute Gasteiger partial charge is 0.295 e. The van der Waals surface area contributed by atoms with Crippen LogP contribution in [0.25, 0.3) is 0 Å². The van der Waals surface area contributed by atoms with E-state index in [1.165, 1.54) is 24.3 Å². The molecule has 0 spiro atoms. The highest BCUT2D eigenvalue weighted by Gasteiger charge is 2.12. The number of benzene rings is 1. The van der Waals surface area contributed by atoms with E-state index in [1.54, 1.807) is 0 Å². The molecule has 0 aliphatic carbocycles. The van der Waals surface area contributed by atoms with Crippen molar-refractivity contribution in [1.82, 2.24) is 4.90 Å². The minimum atomic E-state index is -0.500. The number of nitro groups is 1. The topological polar surface area (TPSA) is 87.2 Å². The molecule has 0 bridgehead atoms. The number of hydrogen-bond donors (Lipinski definition) is 0. The Morgan fingerprint density at radius 3 is 2.53 bits per heavy atom. The Bertz CT molecular complexity index is 491. The summed E-state index contributed by atoms with van der Waals surface area (Å²) in [5, 5.41) is 19.0. The SMILES string of the molecule is CCN(CCC#N)CC(=O)c1ccc([N+](=O)[O-])cc1. The van der Waals surface area contributed by atoms with Crippen LogP contribution in [-0.4, -0.2) is 35.2 Å². The summed E-state index contributed by atoms with van der Waals surface area (Å²) in [6.45, 7) is 3.36. The Morgan fingerprint density at radius 1 is 1.42 bits per heavy atom. The molecule has 0 atom stereocenters. The van der Waals surface area contributed by atoms with Crippen molar-refractivity contribution in [3.8, 4) is 6.07 Å². The molecule has 0 aliphatic rings. The van der Waals surface area contributed by atoms with Crippen molar-refractivity contribution in [2.24, 2.45) is 0 Å². The van der Waals surface area contributed by atoms with E-state index in [9.17, 15) is 14.9 Å². The van der Waals surface area contributed by atoms with Crippen molar-refractivity contribution >= 4 is 11.5 Å². The van der Waals surface area contributed by atoms with E-state index < -0.39 is 4.92 Å². The molecule has 1 rings (SSSR count). The molecule has 1 aromatic carbocycles. The van der Waals surface area contributed by atoms with Gasteiger partial charge >= 0.3 is 0 Å². The van der Waals surface area contributed by atoms with Crippen molar-refractivity contribution < 1.29 is 9.72 Å². The molecule has 0 aromatic heterocycles. The van der Waals surface area contributed by atoms with Gasteiger partial charge in [-0.05, 0) is 18.7 Å². The summed E-state index contributed by atoms with van der Waals surface area (Å²) >= 11 is 0. The molecular weight excluding hydrogens is 246 g/mol. The second kappa shape index (κ2) is 7.24. The first-order valence-corrected chi connectivity index (χ1v) is 5.95. The van der Waals surface area contributed by atoms with Crippen LogP contribution in [0.3, 0.4) is 0 Å². The molecule has 0 amide bonds. The summed E-state index contributed by atoms with van der Waals surface area (Å²) < 4.78 is 0. The average molecular weight is 261 g/mol. The molecular formula is C13H15N3O3. The van der Waals surface area contributed by atoms with Crippen LogP contribution in [0.2, 0.25) is 0 Å². The highest BCUT2D eigenvalue weighted by molar-refractivity contribution is 5.97. The van der Waals surface area contributed by atoms with Crippen LogP contribution in [-0.2, 0) is 0 Å². The fourth-order valence-electron chi connectivity index (χ4n) is 1.62. The average Bonchev–Trinajstić information content (AvgIpc) is 2.43. The van der Waals surface area contributed by atoms with Crippen LogP contribution in [0.4, 0.5) is 5.69 Å². The normalized spacial score (nSPS) is 10.2. The standard InChI is InChI=1S/C13H15N3O3/c1-2-15(9-3-8-14)10-13(17)11-4-6-12(7-5-11)16(18)19/h4-7H,2-3,9-10H2,1H3. The number of carbonyl (C=O) groups is 1. The van der Waals surface area contributed by atoms with Crippen LogP contribution < -0.4 is 0 Å². The van der Waals surface area contributed by atoms with Crippen molar-refractivity contribution in [1.29, 1.82) is 5.26 Å². The number of non-ortho nitro benzene ring substituents is 1. The monoisotopic (exact) mass is 261 g/mol. The first-order chi connectivity index (χ1) is 9.08. The number of nitriles is 1. The van der Waals surface area contributed by atoms with Gasteiger partial charge in [-0.15, -0.1) is 0 Å². The minimum Gasteiger partial charge on any atom is -0.295 e. The van der Waals surface area contributed by atoms with Gasteiger partial charge in [-0.1, -0.05) is 6.92 Å². The predicted molar refractivity (Wildman–Crippen MR) is 69.8 cm³/mol. The molecule has 0 heterocycles. The van der Waals surface area contributed by atoms with E-state index in [0.29, 0.717) is 25.1 Å². The van der Waals surface area contributed by atoms with Gasteiger partial charge in [0.05, 0.1) is 17.5 Å². The Morgan fingerprint density at radius 2 is 2.05 bits per heavy atom. The van der Waals surface area contributed by atoms with Gasteiger partial charge in [-0.25, -0.2) is 0 Å². The third kappa shape index (κ3) is 4.48. The van der Waals surface area contributed by atoms with E-state index in [4.69, 9.17) is 5.26 Å². The third-order valence-electron chi connectivity index (χ3n) is 2.75. The first kappa shape index (κ1) is 14.8. The van der Waals surface area contributed by atoms with Gasteiger partial charge in [0.25, 0.3) is 5.69 Å². The third-order valence-corrected chi connectivity index (χ3v) is 2.75. The quantitative estimate of drug-likeness (QED) is 0.425. The molecule has 19 heavy (non-hydrogen) atoms. The molecule has 0 saturated carbocycles. The number of Topliss-reactive ketones (excluding diaryl/α,β-unsaturated/α-hetero) is 1. The maximum atomic E-state index is 12.0. The molecule has 100 valence electrons. The summed E-state index contributed by atoms with van der Waals surface area (Å²) in [7, 11) is 0. The van der Waals surface area contributed by atoms with Gasteiger partial charge in [0, 0.05) is 30.7 Å². The van der Waals surface area contributed by atoms with E-state index in [1.807, 2.05) is 17.9 Å². The van der Waals surface area contributed by atoms with E-state index in [0.717, 1.165) is 0 Å². The lowest BCUT2D eigenvalue weighted by atomic mass is 10.1. The van der Waals surface area contributed by atoms with Crippen molar-refractivity contribution in [3.63, 3.8) is 0 Å². The summed E-state index contributed by atoms with van der Waals surface area (Å²) in [5.74, 6) is -0.102. The van der Waals surface area contributed by atoms with Crippen molar-refractivity contribution in [2.45, 2.75) is 13.3 Å². The zero-order valence-electron chi connectivity index (χ0n) is 10.7. The summed E-state index contributed by atoms with van der Waals surface area (Å²) in [4.78, 5) is 23.8. The van der Waals surface area contributed by atoms with Gasteiger partial charge in [0.15, 0.2) is 5.78 Å². The van der Waals surface area contributed by atoms with Gasteiger partial charge in [-0.3, -0.25) is 19.8 Å². The molecule has 1 aromatic rings. The summed E-state index contributed by atoms with van der Waals surface area (Å²) in [6, 6.07) is 7.59. The fourth-order valence-corrected chi connectivity index (χ4v) is 1.62. The molecule has 0 fully saturated rings. The molecule has 6 heteroatoms. The molecule has 0 radical (unpaired) electrons. The van der Waals surface area contributed by atoms with Crippen LogP contribution in [0.15, 0.2) is 24.3 Å². The van der Waals surface area contributed by atoms with Gasteiger partial charge in [-0.2, -0.15) is 5.26 Å². The van der Waals surface area contributed by atoms with Crippen LogP contribution in [0, 0.1) is 21.4 Å². The number of rotatable bonds is 7. The van der Waals surface area contributed by atoms with Crippen LogP contribution in [0.1, 0.15) is 23.7 Å². The second-order valence-electron chi connectivity index (χ2n) is 4.00. The zero-order valence-corrected chi connectivity index (χ0v) is 10.7. The lowest BCUT2D eigenvalue weighted by Gasteiger charge is -2.17. The maximum Gasteiger partial charge on any atom is 0.269 e. The molecule has 6 nitrogen and oxygen atoms in total. The molecule has 0 unspecified atom stereocenters. The van der Waals surface area contributed by atoms with Crippen LogP contribution in [0.5, 0.6) is 0 Å². The minimum absolute atomic E-state index is 0.0339. The van der Waals surface area contributed by atoms with E-state index in [2.05, 4.69) is 0 Å². The van der Waals surface area contributed by atoms with E-state index >= 15 is 0 Å². The number of ketones is 1. The molecule has 0 N–H and O–H groups in total. The number of likely N-dealkylation sites (N-methyl/N-ethyl adjacent to an activating group) is 1. The second-order valence-corrected chi connectivity index (χ2v) is 4.00. The number of hydrogen-bond acceptors (Lipinski definition) is 5. The summed E-state index contributed by atoms with van der Waals surface area (Å²) in [6.07, 6.45) is 0.376. The summed E-state index contributed by atoms with van der Waals surface area (Å²) in [5.41, 5.74) is 0.411. The van der Waals surface area contributed by atoms with Gasteiger partial charge < -0.3 is 0 Å². The smallest absolute Gasteiger partial charge is 0.269 e. The highest BCUT2D eigenvalue weighted by Crippen LogP contribution is 2.12. The van der Waals surface area contributed by atoms with Crippen molar-refractivity contribution in [2.75, 3.05) is 19.6 Å². The molecule has 0 aliphatic heterocycles. The maximum absolute atomic E-state index is 12.0. The predicted octanol–water partition coefficient (Wildman–Crippen LogP) is 2.01. The van der Waals surface area contributed by atoms with Crippen molar-refractivity contribution in [3.05, 3.63) is 39.9 Å². The number of carbonyl (C=O) groups excluding carboxylic acids is 1. The Kier molecular flexibility index (Phi) is 5.64. The first-order valence-electron chi connectivity index (χ1n) is 5.95. The van der Waals surface area contributed by atoms with Gasteiger partial charge in [0.1, 0.15) is 0 Å². The van der Waals surface area contributed by atoms with Gasteiger partial charge in [0.2, 0.25) is 0 Å². The van der Waals surface area contributed by atoms with E-state index in [-0.39, 0.29) is 18.0 Å². The Hall–Kier alpha value is -2.26. The lowest BCUT2D eigenvalue weighted by molar-refractivity contribution is -0.384.